The van der Waals surface area contributed by atoms with E-state index in [4.69, 9.17) is 4.42 Å². The molecule has 0 spiro atoms. The topological polar surface area (TPSA) is 82.9 Å². The van der Waals surface area contributed by atoms with Crippen LogP contribution in [0.5, 0.6) is 0 Å². The molecule has 0 saturated heterocycles. The molecule has 2 aromatic carbocycles. The normalized spacial score (nSPS) is 11.7. The lowest BCUT2D eigenvalue weighted by Gasteiger charge is -2.18. The highest BCUT2D eigenvalue weighted by Gasteiger charge is 2.21. The third-order valence-corrected chi connectivity index (χ3v) is 6.33. The summed E-state index contributed by atoms with van der Waals surface area (Å²) >= 11 is 0. The first-order valence-corrected chi connectivity index (χ1v) is 10.9. The number of nitrogens with one attached hydrogen (secondary N) is 1. The Morgan fingerprint density at radius 3 is 2.27 bits per heavy atom. The van der Waals surface area contributed by atoms with Crippen molar-refractivity contribution in [2.75, 3.05) is 26.0 Å². The minimum Gasteiger partial charge on any atom is -0.468 e. The maximum atomic E-state index is 12.8. The average molecular weight is 428 g/mol. The summed E-state index contributed by atoms with van der Waals surface area (Å²) in [7, 11) is -0.260. The number of hydrogen-bond donors (Lipinski definition) is 1. The molecule has 0 radical (unpaired) electrons. The second kappa shape index (κ2) is 9.71. The molecule has 30 heavy (non-hydrogen) atoms. The van der Waals surface area contributed by atoms with E-state index in [1.807, 2.05) is 48.3 Å². The van der Waals surface area contributed by atoms with Crippen molar-refractivity contribution < 1.29 is 17.6 Å². The number of sulfonamides is 1. The number of carbonyl (C=O) groups excluding carboxylic acids is 1. The molecule has 3 rings (SSSR count). The van der Waals surface area contributed by atoms with Crippen molar-refractivity contribution in [2.45, 2.75) is 18.0 Å². The van der Waals surface area contributed by atoms with Gasteiger partial charge in [-0.25, -0.2) is 8.42 Å². The van der Waals surface area contributed by atoms with Crippen LogP contribution in [-0.2, 0) is 27.9 Å². The predicted octanol–water partition coefficient (Wildman–Crippen LogP) is 3.17. The van der Waals surface area contributed by atoms with E-state index < -0.39 is 10.0 Å². The zero-order chi connectivity index (χ0) is 21.6. The van der Waals surface area contributed by atoms with Crippen LogP contribution in [0.3, 0.4) is 0 Å². The molecule has 158 valence electrons. The zero-order valence-electron chi connectivity index (χ0n) is 17.0. The fraction of sp³-hybridized carbons (Fsp3) is 0.227. The van der Waals surface area contributed by atoms with Crippen LogP contribution in [0.15, 0.2) is 82.3 Å². The molecule has 0 saturated carbocycles. The van der Waals surface area contributed by atoms with E-state index in [1.54, 1.807) is 31.5 Å². The Kier molecular flexibility index (Phi) is 7.04. The number of carbonyl (C=O) groups is 1. The molecule has 7 nitrogen and oxygen atoms in total. The summed E-state index contributed by atoms with van der Waals surface area (Å²) in [6.45, 7) is 0.982. The summed E-state index contributed by atoms with van der Waals surface area (Å²) in [5.74, 6) is 0.584. The van der Waals surface area contributed by atoms with Gasteiger partial charge in [0.1, 0.15) is 5.76 Å². The number of anilines is 1. The van der Waals surface area contributed by atoms with Crippen LogP contribution in [0.1, 0.15) is 11.3 Å². The highest BCUT2D eigenvalue weighted by atomic mass is 32.2. The minimum atomic E-state index is -3.63. The van der Waals surface area contributed by atoms with Gasteiger partial charge in [-0.1, -0.05) is 30.3 Å². The number of likely N-dealkylation sites (N-methyl/N-ethyl adjacent to an activating group) is 1. The first-order valence-electron chi connectivity index (χ1n) is 9.46. The van der Waals surface area contributed by atoms with Gasteiger partial charge >= 0.3 is 0 Å². The highest BCUT2D eigenvalue weighted by Crippen LogP contribution is 2.19. The second-order valence-electron chi connectivity index (χ2n) is 7.07. The van der Waals surface area contributed by atoms with Gasteiger partial charge in [0.2, 0.25) is 15.9 Å². The first kappa shape index (κ1) is 21.8. The molecule has 0 unspecified atom stereocenters. The van der Waals surface area contributed by atoms with E-state index in [9.17, 15) is 13.2 Å². The molecule has 0 atom stereocenters. The van der Waals surface area contributed by atoms with E-state index in [0.29, 0.717) is 12.2 Å². The molecule has 1 amide bonds. The zero-order valence-corrected chi connectivity index (χ0v) is 17.8. The lowest BCUT2D eigenvalue weighted by Crippen LogP contribution is -2.29. The van der Waals surface area contributed by atoms with Gasteiger partial charge in [0.15, 0.2) is 0 Å². The van der Waals surface area contributed by atoms with E-state index in [-0.39, 0.29) is 23.9 Å². The summed E-state index contributed by atoms with van der Waals surface area (Å²) in [6, 6.07) is 19.2. The fourth-order valence-electron chi connectivity index (χ4n) is 2.99. The Bertz CT molecular complexity index is 1050. The van der Waals surface area contributed by atoms with Crippen molar-refractivity contribution in [1.29, 1.82) is 0 Å². The molecular weight excluding hydrogens is 402 g/mol. The van der Waals surface area contributed by atoms with Gasteiger partial charge in [-0.3, -0.25) is 9.69 Å². The lowest BCUT2D eigenvalue weighted by molar-refractivity contribution is -0.117. The maximum absolute atomic E-state index is 12.8. The van der Waals surface area contributed by atoms with Crippen LogP contribution >= 0.6 is 0 Å². The van der Waals surface area contributed by atoms with Crippen LogP contribution in [0.4, 0.5) is 5.69 Å². The Morgan fingerprint density at radius 2 is 1.63 bits per heavy atom. The number of rotatable bonds is 9. The van der Waals surface area contributed by atoms with Gasteiger partial charge in [-0.15, -0.1) is 0 Å². The summed E-state index contributed by atoms with van der Waals surface area (Å²) in [6.07, 6.45) is 1.59. The van der Waals surface area contributed by atoms with Crippen molar-refractivity contribution >= 4 is 21.6 Å². The van der Waals surface area contributed by atoms with Gasteiger partial charge < -0.3 is 9.73 Å². The lowest BCUT2D eigenvalue weighted by atomic mass is 10.2. The van der Waals surface area contributed by atoms with E-state index >= 15 is 0 Å². The molecule has 1 heterocycles. The van der Waals surface area contributed by atoms with Gasteiger partial charge in [0.25, 0.3) is 0 Å². The molecule has 0 aliphatic heterocycles. The van der Waals surface area contributed by atoms with E-state index in [2.05, 4.69) is 5.32 Å². The Morgan fingerprint density at radius 1 is 0.933 bits per heavy atom. The molecule has 0 fully saturated rings. The average Bonchev–Trinajstić information content (AvgIpc) is 3.21. The van der Waals surface area contributed by atoms with Crippen LogP contribution in [-0.4, -0.2) is 44.2 Å². The van der Waals surface area contributed by atoms with Crippen molar-refractivity contribution in [3.63, 3.8) is 0 Å². The van der Waals surface area contributed by atoms with Crippen molar-refractivity contribution in [2.24, 2.45) is 0 Å². The quantitative estimate of drug-likeness (QED) is 0.567. The Hall–Kier alpha value is -2.94. The number of benzene rings is 2. The third kappa shape index (κ3) is 5.79. The second-order valence-corrected chi connectivity index (χ2v) is 9.12. The summed E-state index contributed by atoms with van der Waals surface area (Å²) < 4.78 is 32.2. The van der Waals surface area contributed by atoms with E-state index in [1.165, 1.54) is 16.4 Å². The van der Waals surface area contributed by atoms with Crippen molar-refractivity contribution in [3.05, 3.63) is 84.3 Å². The van der Waals surface area contributed by atoms with E-state index in [0.717, 1.165) is 11.3 Å². The van der Waals surface area contributed by atoms with Crippen LogP contribution in [0.2, 0.25) is 0 Å². The SMILES string of the molecule is CN(CC(=O)Nc1ccc(S(=O)(=O)N(C)Cc2ccccc2)cc1)Cc1ccco1. The Balaban J connectivity index is 1.57. The maximum Gasteiger partial charge on any atom is 0.243 e. The van der Waals surface area contributed by atoms with Crippen molar-refractivity contribution in [1.82, 2.24) is 9.21 Å². The van der Waals surface area contributed by atoms with Gasteiger partial charge in [-0.05, 0) is 49.0 Å². The largest absolute Gasteiger partial charge is 0.468 e. The molecule has 1 N–H and O–H groups in total. The highest BCUT2D eigenvalue weighted by molar-refractivity contribution is 7.89. The monoisotopic (exact) mass is 427 g/mol. The van der Waals surface area contributed by atoms with Gasteiger partial charge in [0.05, 0.1) is 24.2 Å². The standard InChI is InChI=1S/C22H25N3O4S/c1-24(16-20-9-6-14-29-20)17-22(26)23-19-10-12-21(13-11-19)30(27,28)25(2)15-18-7-4-3-5-8-18/h3-14H,15-17H2,1-2H3,(H,23,26). The van der Waals surface area contributed by atoms with Crippen LogP contribution in [0.25, 0.3) is 0 Å². The summed E-state index contributed by atoms with van der Waals surface area (Å²) in [5.41, 5.74) is 1.45. The summed E-state index contributed by atoms with van der Waals surface area (Å²) in [5, 5.41) is 2.78. The molecule has 8 heteroatoms. The Labute approximate surface area is 177 Å². The molecular formula is C22H25N3O4S. The van der Waals surface area contributed by atoms with Gasteiger partial charge in [0, 0.05) is 19.3 Å². The van der Waals surface area contributed by atoms with Crippen LogP contribution < -0.4 is 5.32 Å². The first-order chi connectivity index (χ1) is 14.3. The smallest absolute Gasteiger partial charge is 0.243 e. The molecule has 0 bridgehead atoms. The molecule has 1 aromatic heterocycles. The van der Waals surface area contributed by atoms with Crippen LogP contribution in [0, 0.1) is 0 Å². The third-order valence-electron chi connectivity index (χ3n) is 4.51. The molecule has 3 aromatic rings. The molecule has 0 aliphatic carbocycles. The predicted molar refractivity (Wildman–Crippen MR) is 115 cm³/mol. The summed E-state index contributed by atoms with van der Waals surface area (Å²) in [4.78, 5) is 14.2. The molecule has 0 aliphatic rings. The number of furan rings is 1. The minimum absolute atomic E-state index is 0.175. The number of hydrogen-bond acceptors (Lipinski definition) is 5. The van der Waals surface area contributed by atoms with Crippen molar-refractivity contribution in [3.8, 4) is 0 Å². The number of amides is 1. The van der Waals surface area contributed by atoms with Gasteiger partial charge in [-0.2, -0.15) is 4.31 Å². The number of nitrogens with zero attached hydrogens (tertiary/aromatic N) is 2. The fourth-order valence-corrected chi connectivity index (χ4v) is 4.14.